The highest BCUT2D eigenvalue weighted by molar-refractivity contribution is 7.99. The van der Waals surface area contributed by atoms with Crippen molar-refractivity contribution < 1.29 is 4.79 Å². The van der Waals surface area contributed by atoms with E-state index in [0.29, 0.717) is 6.42 Å². The number of benzene rings is 1. The molecule has 0 aromatic heterocycles. The number of nitrogens with one attached hydrogen (secondary N) is 1. The van der Waals surface area contributed by atoms with Crippen LogP contribution in [0.15, 0.2) is 18.2 Å². The van der Waals surface area contributed by atoms with E-state index >= 15 is 0 Å². The number of hydrogen-bond acceptors (Lipinski definition) is 4. The van der Waals surface area contributed by atoms with Crippen molar-refractivity contribution in [2.45, 2.75) is 39.7 Å². The van der Waals surface area contributed by atoms with Crippen LogP contribution in [-0.2, 0) is 11.3 Å². The highest BCUT2D eigenvalue weighted by atomic mass is 32.2. The number of nitrogens with zero attached hydrogens (tertiary/aromatic N) is 1. The van der Waals surface area contributed by atoms with Gasteiger partial charge in [0.05, 0.1) is 0 Å². The summed E-state index contributed by atoms with van der Waals surface area (Å²) >= 11 is 3.92. The van der Waals surface area contributed by atoms with E-state index < -0.39 is 0 Å². The minimum atomic E-state index is 0.128. The summed E-state index contributed by atoms with van der Waals surface area (Å²) < 4.78 is 0. The topological polar surface area (TPSA) is 32.3 Å². The quantitative estimate of drug-likeness (QED) is 0.656. The summed E-state index contributed by atoms with van der Waals surface area (Å²) in [4.78, 5) is 14.6. The molecule has 1 aliphatic heterocycles. The van der Waals surface area contributed by atoms with Gasteiger partial charge in [0, 0.05) is 49.0 Å². The maximum Gasteiger partial charge on any atom is 0.225 e. The van der Waals surface area contributed by atoms with E-state index in [1.165, 1.54) is 43.0 Å². The summed E-state index contributed by atoms with van der Waals surface area (Å²) in [6, 6.07) is 6.43. The second-order valence-corrected chi connectivity index (χ2v) is 8.75. The van der Waals surface area contributed by atoms with Crippen molar-refractivity contribution in [2.24, 2.45) is 0 Å². The highest BCUT2D eigenvalue weighted by Crippen LogP contribution is 2.19. The average Bonchev–Trinajstić information content (AvgIpc) is 2.58. The monoisotopic (exact) mass is 366 g/mol. The Hall–Kier alpha value is -0.650. The van der Waals surface area contributed by atoms with Crippen LogP contribution in [0.2, 0.25) is 0 Å². The lowest BCUT2D eigenvalue weighted by atomic mass is 10.1. The Kier molecular flexibility index (Phi) is 9.07. The Morgan fingerprint density at radius 2 is 2.08 bits per heavy atom. The zero-order chi connectivity index (χ0) is 17.2. The number of unbranched alkanes of at least 4 members (excludes halogenated alkanes) is 1. The van der Waals surface area contributed by atoms with Gasteiger partial charge in [-0.15, -0.1) is 0 Å². The number of hydrogen-bond donors (Lipinski definition) is 1. The zero-order valence-electron chi connectivity index (χ0n) is 15.0. The number of amides is 1. The molecule has 0 unspecified atom stereocenters. The lowest BCUT2D eigenvalue weighted by molar-refractivity contribution is -0.115. The molecular weight excluding hydrogens is 336 g/mol. The molecule has 3 nitrogen and oxygen atoms in total. The van der Waals surface area contributed by atoms with Gasteiger partial charge in [0.1, 0.15) is 0 Å². The smallest absolute Gasteiger partial charge is 0.225 e. The average molecular weight is 367 g/mol. The molecule has 1 aromatic carbocycles. The fraction of sp³-hybridized carbons (Fsp3) is 0.632. The minimum Gasteiger partial charge on any atom is -0.326 e. The Bertz CT molecular complexity index is 516. The first-order valence-corrected chi connectivity index (χ1v) is 11.3. The largest absolute Gasteiger partial charge is 0.326 e. The Morgan fingerprint density at radius 3 is 2.79 bits per heavy atom. The number of thioether (sulfide) groups is 2. The summed E-state index contributed by atoms with van der Waals surface area (Å²) in [5.41, 5.74) is 3.45. The number of aryl methyl sites for hydroxylation is 1. The first kappa shape index (κ1) is 19.7. The second kappa shape index (κ2) is 11.1. The third-order valence-electron chi connectivity index (χ3n) is 4.19. The van der Waals surface area contributed by atoms with E-state index in [2.05, 4.69) is 42.3 Å². The van der Waals surface area contributed by atoms with Crippen molar-refractivity contribution in [2.75, 3.05) is 41.4 Å². The van der Waals surface area contributed by atoms with Gasteiger partial charge in [0.25, 0.3) is 0 Å². The lowest BCUT2D eigenvalue weighted by Gasteiger charge is -2.26. The summed E-state index contributed by atoms with van der Waals surface area (Å²) in [7, 11) is 0. The predicted molar refractivity (Wildman–Crippen MR) is 109 cm³/mol. The molecule has 0 spiro atoms. The number of carbonyl (C=O) groups excluding carboxylic acids is 1. The van der Waals surface area contributed by atoms with Crippen LogP contribution >= 0.6 is 23.5 Å². The Labute approximate surface area is 155 Å². The van der Waals surface area contributed by atoms with Crippen LogP contribution in [0.3, 0.4) is 0 Å². The van der Waals surface area contributed by atoms with Crippen molar-refractivity contribution in [1.82, 2.24) is 4.90 Å². The van der Waals surface area contributed by atoms with Crippen molar-refractivity contribution in [3.63, 3.8) is 0 Å². The molecule has 0 saturated carbocycles. The Morgan fingerprint density at radius 1 is 1.29 bits per heavy atom. The molecule has 1 aromatic rings. The fourth-order valence-corrected chi connectivity index (χ4v) is 4.71. The van der Waals surface area contributed by atoms with E-state index in [1.54, 1.807) is 0 Å². The van der Waals surface area contributed by atoms with E-state index in [-0.39, 0.29) is 5.91 Å². The van der Waals surface area contributed by atoms with Gasteiger partial charge in [-0.05, 0) is 36.3 Å². The Balaban J connectivity index is 1.77. The first-order valence-electron chi connectivity index (χ1n) is 8.96. The van der Waals surface area contributed by atoms with Crippen LogP contribution in [0.5, 0.6) is 0 Å². The van der Waals surface area contributed by atoms with Gasteiger partial charge >= 0.3 is 0 Å². The molecule has 24 heavy (non-hydrogen) atoms. The van der Waals surface area contributed by atoms with Crippen LogP contribution in [0.4, 0.5) is 5.69 Å². The molecule has 1 amide bonds. The van der Waals surface area contributed by atoms with Crippen molar-refractivity contribution in [3.8, 4) is 0 Å². The molecule has 1 N–H and O–H groups in total. The second-order valence-electron chi connectivity index (χ2n) is 6.30. The third kappa shape index (κ3) is 7.08. The highest BCUT2D eigenvalue weighted by Gasteiger charge is 2.11. The van der Waals surface area contributed by atoms with Crippen molar-refractivity contribution >= 4 is 35.1 Å². The summed E-state index contributed by atoms with van der Waals surface area (Å²) in [6.45, 7) is 7.66. The maximum absolute atomic E-state index is 12.1. The normalized spacial score (nSPS) is 15.4. The van der Waals surface area contributed by atoms with Crippen LogP contribution < -0.4 is 5.32 Å². The van der Waals surface area contributed by atoms with Crippen LogP contribution in [0.25, 0.3) is 0 Å². The van der Waals surface area contributed by atoms with Crippen LogP contribution in [0, 0.1) is 6.92 Å². The van der Waals surface area contributed by atoms with Crippen LogP contribution in [0.1, 0.15) is 37.3 Å². The summed E-state index contributed by atoms with van der Waals surface area (Å²) in [6.07, 6.45) is 3.06. The summed E-state index contributed by atoms with van der Waals surface area (Å²) in [5.74, 6) is 4.68. The zero-order valence-corrected chi connectivity index (χ0v) is 16.6. The standard InChI is InChI=1S/C19H30N2OS2/c1-3-4-10-23-11-7-19(22)20-18-6-5-17(14-16(18)2)15-21-8-12-24-13-9-21/h5-6,14H,3-4,7-13,15H2,1-2H3,(H,20,22). The molecule has 5 heteroatoms. The van der Waals surface area contributed by atoms with Gasteiger partial charge in [0.2, 0.25) is 5.91 Å². The van der Waals surface area contributed by atoms with Gasteiger partial charge in [-0.1, -0.05) is 25.5 Å². The van der Waals surface area contributed by atoms with E-state index in [0.717, 1.165) is 29.3 Å². The molecule has 0 atom stereocenters. The SMILES string of the molecule is CCCCSCCC(=O)Nc1ccc(CN2CCSCC2)cc1C. The van der Waals surface area contributed by atoms with E-state index in [9.17, 15) is 4.79 Å². The van der Waals surface area contributed by atoms with Gasteiger partial charge in [-0.2, -0.15) is 23.5 Å². The molecule has 1 heterocycles. The molecule has 134 valence electrons. The minimum absolute atomic E-state index is 0.128. The fourth-order valence-electron chi connectivity index (χ4n) is 2.71. The van der Waals surface area contributed by atoms with Gasteiger partial charge in [0.15, 0.2) is 0 Å². The molecule has 2 rings (SSSR count). The van der Waals surface area contributed by atoms with Gasteiger partial charge in [-0.25, -0.2) is 0 Å². The van der Waals surface area contributed by atoms with Crippen LogP contribution in [-0.4, -0.2) is 46.9 Å². The van der Waals surface area contributed by atoms with E-state index in [1.807, 2.05) is 23.5 Å². The first-order chi connectivity index (χ1) is 11.7. The lowest BCUT2D eigenvalue weighted by Crippen LogP contribution is -2.31. The summed E-state index contributed by atoms with van der Waals surface area (Å²) in [5, 5.41) is 3.06. The number of anilines is 1. The molecule has 1 saturated heterocycles. The van der Waals surface area contributed by atoms with Crippen molar-refractivity contribution in [3.05, 3.63) is 29.3 Å². The molecule has 1 fully saturated rings. The van der Waals surface area contributed by atoms with Crippen molar-refractivity contribution in [1.29, 1.82) is 0 Å². The predicted octanol–water partition coefficient (Wildman–Crippen LogP) is 4.41. The number of carbonyl (C=O) groups is 1. The molecule has 0 aliphatic carbocycles. The molecule has 0 bridgehead atoms. The van der Waals surface area contributed by atoms with Gasteiger partial charge in [-0.3, -0.25) is 9.69 Å². The number of rotatable bonds is 9. The molecular formula is C19H30N2OS2. The van der Waals surface area contributed by atoms with Gasteiger partial charge < -0.3 is 5.32 Å². The molecule has 0 radical (unpaired) electrons. The van der Waals surface area contributed by atoms with E-state index in [4.69, 9.17) is 0 Å². The maximum atomic E-state index is 12.1. The third-order valence-corrected chi connectivity index (χ3v) is 6.20. The molecule has 1 aliphatic rings.